The van der Waals surface area contributed by atoms with Crippen LogP contribution in [-0.2, 0) is 20.5 Å². The molecule has 0 radical (unpaired) electrons. The maximum atomic E-state index is 11.3. The van der Waals surface area contributed by atoms with E-state index in [1.807, 2.05) is 0 Å². The molecule has 5 rings (SSSR count). The molecule has 0 saturated heterocycles. The molecular formula is C20H24N6O2. The predicted octanol–water partition coefficient (Wildman–Crippen LogP) is 1.07. The number of benzene rings is 1. The summed E-state index contributed by atoms with van der Waals surface area (Å²) in [6, 6.07) is 8.82. The Morgan fingerprint density at radius 3 is 2.79 bits per heavy atom. The van der Waals surface area contributed by atoms with E-state index >= 15 is 0 Å². The first kappa shape index (κ1) is 18.2. The smallest absolute Gasteiger partial charge is 0.329 e. The normalized spacial score (nSPS) is 18.1. The molecule has 3 heterocycles. The topological polar surface area (TPSA) is 97.1 Å². The molecule has 2 aromatic heterocycles. The molecule has 0 fully saturated rings. The number of amidine groups is 1. The highest BCUT2D eigenvalue weighted by molar-refractivity contribution is 5.90. The lowest BCUT2D eigenvalue weighted by atomic mass is 9.82. The summed E-state index contributed by atoms with van der Waals surface area (Å²) in [4.78, 5) is 33.1. The SMILES string of the molecule is Cn1cnc2c1c(=O)[nH]c(=O)n2C.c1ccc2c(c1)CCCC2C1=NCCN1. The molecule has 1 aromatic carbocycles. The fourth-order valence-electron chi connectivity index (χ4n) is 3.95. The number of hydrogen-bond donors (Lipinski definition) is 2. The Bertz CT molecular complexity index is 1150. The summed E-state index contributed by atoms with van der Waals surface area (Å²) in [6.45, 7) is 1.97. The number of aromatic nitrogens is 4. The second-order valence-corrected chi connectivity index (χ2v) is 7.18. The number of fused-ring (bicyclic) bond motifs is 2. The number of aromatic amines is 1. The number of hydrogen-bond acceptors (Lipinski definition) is 5. The summed E-state index contributed by atoms with van der Waals surface area (Å²) in [5, 5.41) is 3.42. The van der Waals surface area contributed by atoms with Gasteiger partial charge in [-0.1, -0.05) is 24.3 Å². The standard InChI is InChI=1S/C13H16N2.C7H8N4O2/c1-2-6-11-10(4-1)5-3-7-12(11)13-14-8-9-15-13;1-10-3-8-5-4(10)6(12)9-7(13)11(5)2/h1-2,4,6,12H,3,5,7-9H2,(H,14,15);3H,1-2H3,(H,9,12,13). The van der Waals surface area contributed by atoms with Gasteiger partial charge in [0.15, 0.2) is 11.2 Å². The van der Waals surface area contributed by atoms with Crippen LogP contribution in [0.25, 0.3) is 11.2 Å². The van der Waals surface area contributed by atoms with Crippen molar-refractivity contribution in [2.24, 2.45) is 19.1 Å². The van der Waals surface area contributed by atoms with Gasteiger partial charge in [0.25, 0.3) is 5.56 Å². The Labute approximate surface area is 162 Å². The number of nitrogens with one attached hydrogen (secondary N) is 2. The van der Waals surface area contributed by atoms with Gasteiger partial charge in [-0.05, 0) is 30.4 Å². The van der Waals surface area contributed by atoms with E-state index in [9.17, 15) is 9.59 Å². The summed E-state index contributed by atoms with van der Waals surface area (Å²) in [6.07, 6.45) is 5.28. The molecule has 0 bridgehead atoms. The summed E-state index contributed by atoms with van der Waals surface area (Å²) in [5.41, 5.74) is 2.97. The molecule has 1 aliphatic heterocycles. The van der Waals surface area contributed by atoms with E-state index in [4.69, 9.17) is 0 Å². The van der Waals surface area contributed by atoms with Crippen LogP contribution in [0.4, 0.5) is 0 Å². The van der Waals surface area contributed by atoms with Gasteiger partial charge >= 0.3 is 5.69 Å². The quantitative estimate of drug-likeness (QED) is 0.660. The fourth-order valence-corrected chi connectivity index (χ4v) is 3.95. The first-order chi connectivity index (χ1) is 13.6. The molecule has 0 amide bonds. The zero-order valence-corrected chi connectivity index (χ0v) is 16.1. The summed E-state index contributed by atoms with van der Waals surface area (Å²) in [7, 11) is 3.27. The van der Waals surface area contributed by atoms with Gasteiger partial charge < -0.3 is 9.88 Å². The van der Waals surface area contributed by atoms with E-state index in [1.54, 1.807) is 18.7 Å². The number of rotatable bonds is 1. The second-order valence-electron chi connectivity index (χ2n) is 7.18. The minimum absolute atomic E-state index is 0.399. The van der Waals surface area contributed by atoms with Crippen molar-refractivity contribution in [1.29, 1.82) is 0 Å². The molecule has 28 heavy (non-hydrogen) atoms. The molecule has 2 aliphatic rings. The maximum Gasteiger partial charge on any atom is 0.329 e. The van der Waals surface area contributed by atoms with Crippen molar-refractivity contribution in [3.8, 4) is 0 Å². The highest BCUT2D eigenvalue weighted by atomic mass is 16.2. The van der Waals surface area contributed by atoms with Gasteiger partial charge in [-0.3, -0.25) is 19.3 Å². The van der Waals surface area contributed by atoms with Crippen molar-refractivity contribution in [3.05, 3.63) is 62.6 Å². The van der Waals surface area contributed by atoms with E-state index in [0.717, 1.165) is 13.1 Å². The van der Waals surface area contributed by atoms with Gasteiger partial charge in [-0.2, -0.15) is 0 Å². The van der Waals surface area contributed by atoms with Crippen LogP contribution in [0.2, 0.25) is 0 Å². The molecule has 8 heteroatoms. The van der Waals surface area contributed by atoms with Crippen LogP contribution in [-0.4, -0.2) is 38.0 Å². The number of nitrogens with zero attached hydrogens (tertiary/aromatic N) is 4. The van der Waals surface area contributed by atoms with Crippen molar-refractivity contribution in [3.63, 3.8) is 0 Å². The van der Waals surface area contributed by atoms with Gasteiger partial charge in [0.1, 0.15) is 5.84 Å². The zero-order valence-electron chi connectivity index (χ0n) is 16.1. The summed E-state index contributed by atoms with van der Waals surface area (Å²) < 4.78 is 2.88. The lowest BCUT2D eigenvalue weighted by molar-refractivity contribution is 0.641. The van der Waals surface area contributed by atoms with E-state index in [-0.39, 0.29) is 0 Å². The molecule has 8 nitrogen and oxygen atoms in total. The Morgan fingerprint density at radius 2 is 2.00 bits per heavy atom. The average molecular weight is 380 g/mol. The molecular weight excluding hydrogens is 356 g/mol. The molecule has 146 valence electrons. The van der Waals surface area contributed by atoms with Crippen molar-refractivity contribution < 1.29 is 0 Å². The molecule has 2 N–H and O–H groups in total. The summed E-state index contributed by atoms with van der Waals surface area (Å²) in [5.74, 6) is 1.76. The second kappa shape index (κ2) is 7.46. The van der Waals surface area contributed by atoms with Gasteiger partial charge in [0.2, 0.25) is 0 Å². The molecule has 0 spiro atoms. The van der Waals surface area contributed by atoms with Crippen molar-refractivity contribution >= 4 is 17.0 Å². The number of aliphatic imine (C=N–C) groups is 1. The monoisotopic (exact) mass is 380 g/mol. The third kappa shape index (κ3) is 3.26. The lowest BCUT2D eigenvalue weighted by Gasteiger charge is -2.25. The van der Waals surface area contributed by atoms with Gasteiger partial charge in [0.05, 0.1) is 12.9 Å². The average Bonchev–Trinajstić information content (AvgIpc) is 3.36. The number of H-pyrrole nitrogens is 1. The number of imidazole rings is 1. The molecule has 1 atom stereocenters. The van der Waals surface area contributed by atoms with Crippen LogP contribution in [0, 0.1) is 0 Å². The lowest BCUT2D eigenvalue weighted by Crippen LogP contribution is -2.28. The highest BCUT2D eigenvalue weighted by Gasteiger charge is 2.25. The van der Waals surface area contributed by atoms with Crippen molar-refractivity contribution in [1.82, 2.24) is 24.4 Å². The van der Waals surface area contributed by atoms with Crippen LogP contribution in [0.5, 0.6) is 0 Å². The molecule has 3 aromatic rings. The van der Waals surface area contributed by atoms with Crippen LogP contribution < -0.4 is 16.6 Å². The molecule has 0 saturated carbocycles. The van der Waals surface area contributed by atoms with Crippen molar-refractivity contribution in [2.75, 3.05) is 13.1 Å². The Kier molecular flexibility index (Phi) is 4.85. The van der Waals surface area contributed by atoms with Gasteiger partial charge in [0, 0.05) is 26.6 Å². The molecule has 1 aliphatic carbocycles. The van der Waals surface area contributed by atoms with E-state index in [2.05, 4.69) is 44.5 Å². The van der Waals surface area contributed by atoms with Crippen LogP contribution >= 0.6 is 0 Å². The molecule has 1 unspecified atom stereocenters. The first-order valence-electron chi connectivity index (χ1n) is 9.52. The third-order valence-corrected chi connectivity index (χ3v) is 5.38. The Hall–Kier alpha value is -3.16. The zero-order chi connectivity index (χ0) is 19.7. The van der Waals surface area contributed by atoms with E-state index in [1.165, 1.54) is 47.1 Å². The minimum Gasteiger partial charge on any atom is -0.371 e. The largest absolute Gasteiger partial charge is 0.371 e. The Morgan fingerprint density at radius 1 is 1.18 bits per heavy atom. The minimum atomic E-state index is -0.448. The first-order valence-corrected chi connectivity index (χ1v) is 9.52. The van der Waals surface area contributed by atoms with Crippen LogP contribution in [0.15, 0.2) is 45.2 Å². The van der Waals surface area contributed by atoms with E-state index < -0.39 is 11.2 Å². The Balaban J connectivity index is 0.000000139. The fraction of sp³-hybridized carbons (Fsp3) is 0.400. The third-order valence-electron chi connectivity index (χ3n) is 5.38. The van der Waals surface area contributed by atoms with E-state index in [0.29, 0.717) is 17.1 Å². The highest BCUT2D eigenvalue weighted by Crippen LogP contribution is 2.32. The van der Waals surface area contributed by atoms with Crippen molar-refractivity contribution in [2.45, 2.75) is 25.2 Å². The van der Waals surface area contributed by atoms with Crippen LogP contribution in [0.3, 0.4) is 0 Å². The number of aryl methyl sites for hydroxylation is 3. The van der Waals surface area contributed by atoms with Gasteiger partial charge in [-0.15, -0.1) is 0 Å². The van der Waals surface area contributed by atoms with Gasteiger partial charge in [-0.25, -0.2) is 9.78 Å². The summed E-state index contributed by atoms with van der Waals surface area (Å²) >= 11 is 0. The predicted molar refractivity (Wildman–Crippen MR) is 109 cm³/mol. The van der Waals surface area contributed by atoms with Crippen LogP contribution in [0.1, 0.15) is 29.9 Å². The maximum absolute atomic E-state index is 11.3.